The molecule has 36 heavy (non-hydrogen) atoms. The standard InChI is InChI=1S/C31H38N2O3/c1-5-12-26(22-13-8-6-9-14-22)28(23-15-10-7-11-16-23)30-32(2)27(21-34)29(31(35)33(30)3)24-17-19-25(36-4)20-18-24/h6,8-9,13-15,17-20,26,34H,5,7,10-12,16,21H2,1-4H3/b30-28-. The van der Waals surface area contributed by atoms with Crippen LogP contribution in [0, 0.1) is 0 Å². The van der Waals surface area contributed by atoms with Crippen molar-refractivity contribution in [1.29, 1.82) is 0 Å². The van der Waals surface area contributed by atoms with E-state index in [1.165, 1.54) is 23.1 Å². The van der Waals surface area contributed by atoms with E-state index in [-0.39, 0.29) is 18.4 Å². The number of likely N-dealkylation sites (N-methyl/N-ethyl adjacent to an activating group) is 2. The minimum atomic E-state index is -0.225. The van der Waals surface area contributed by atoms with E-state index >= 15 is 0 Å². The van der Waals surface area contributed by atoms with Gasteiger partial charge in [-0.05, 0) is 60.9 Å². The first-order chi connectivity index (χ1) is 17.5. The topological polar surface area (TPSA) is 53.0 Å². The van der Waals surface area contributed by atoms with Crippen molar-refractivity contribution in [3.8, 4) is 5.75 Å². The van der Waals surface area contributed by atoms with Crippen LogP contribution in [0.1, 0.15) is 62.5 Å². The molecule has 1 N–H and O–H groups in total. The number of amides is 1. The van der Waals surface area contributed by atoms with Crippen LogP contribution in [0.2, 0.25) is 0 Å². The molecule has 0 bridgehead atoms. The third kappa shape index (κ3) is 4.98. The molecule has 1 aliphatic heterocycles. The molecule has 1 atom stereocenters. The second-order valence-corrected chi connectivity index (χ2v) is 9.60. The highest BCUT2D eigenvalue weighted by atomic mass is 16.5. The van der Waals surface area contributed by atoms with Crippen LogP contribution in [0.15, 0.2) is 83.3 Å². The van der Waals surface area contributed by atoms with Crippen LogP contribution in [-0.4, -0.2) is 48.6 Å². The molecule has 0 saturated heterocycles. The van der Waals surface area contributed by atoms with E-state index in [0.29, 0.717) is 11.3 Å². The summed E-state index contributed by atoms with van der Waals surface area (Å²) in [5, 5.41) is 10.5. The van der Waals surface area contributed by atoms with Crippen LogP contribution in [0.3, 0.4) is 0 Å². The first-order valence-electron chi connectivity index (χ1n) is 13.0. The Bertz CT molecular complexity index is 1160. The number of ether oxygens (including phenoxy) is 1. The zero-order valence-corrected chi connectivity index (χ0v) is 22.0. The number of rotatable bonds is 8. The SMILES string of the molecule is CCCC(/C(C1=CCCCC1)=C1\N(C)C(=O)C(c2ccc(OC)cc2)=C(CO)N1C)c1ccccc1. The Kier molecular flexibility index (Phi) is 8.32. The Morgan fingerprint density at radius 2 is 1.75 bits per heavy atom. The minimum Gasteiger partial charge on any atom is -0.497 e. The van der Waals surface area contributed by atoms with Crippen molar-refractivity contribution in [2.45, 2.75) is 51.4 Å². The smallest absolute Gasteiger partial charge is 0.261 e. The summed E-state index contributed by atoms with van der Waals surface area (Å²) >= 11 is 0. The normalized spacial score (nSPS) is 18.8. The second-order valence-electron chi connectivity index (χ2n) is 9.60. The fourth-order valence-corrected chi connectivity index (χ4v) is 5.56. The van der Waals surface area contributed by atoms with E-state index in [1.807, 2.05) is 43.3 Å². The van der Waals surface area contributed by atoms with E-state index in [2.05, 4.69) is 43.3 Å². The van der Waals surface area contributed by atoms with E-state index in [4.69, 9.17) is 4.74 Å². The summed E-state index contributed by atoms with van der Waals surface area (Å²) < 4.78 is 5.30. The summed E-state index contributed by atoms with van der Waals surface area (Å²) in [5.41, 5.74) is 5.72. The summed E-state index contributed by atoms with van der Waals surface area (Å²) in [6, 6.07) is 18.1. The molecule has 4 rings (SSSR count). The summed E-state index contributed by atoms with van der Waals surface area (Å²) in [6.45, 7) is 1.99. The maximum atomic E-state index is 14.0. The monoisotopic (exact) mass is 486 g/mol. The van der Waals surface area contributed by atoms with Gasteiger partial charge in [0.15, 0.2) is 0 Å². The predicted molar refractivity (Wildman–Crippen MR) is 145 cm³/mol. The van der Waals surface area contributed by atoms with Crippen molar-refractivity contribution < 1.29 is 14.6 Å². The third-order valence-electron chi connectivity index (χ3n) is 7.38. The molecule has 190 valence electrons. The number of hydrogen-bond acceptors (Lipinski definition) is 4. The fraction of sp³-hybridized carbons (Fsp3) is 0.387. The molecule has 0 saturated carbocycles. The highest BCUT2D eigenvalue weighted by Crippen LogP contribution is 2.43. The van der Waals surface area contributed by atoms with Crippen LogP contribution in [0.25, 0.3) is 5.57 Å². The van der Waals surface area contributed by atoms with Crippen molar-refractivity contribution in [2.24, 2.45) is 0 Å². The summed E-state index contributed by atoms with van der Waals surface area (Å²) in [4.78, 5) is 17.8. The Balaban J connectivity index is 1.94. The van der Waals surface area contributed by atoms with Crippen molar-refractivity contribution >= 4 is 11.5 Å². The molecular weight excluding hydrogens is 448 g/mol. The summed E-state index contributed by atoms with van der Waals surface area (Å²) in [6.07, 6.45) is 8.79. The lowest BCUT2D eigenvalue weighted by Gasteiger charge is -2.41. The largest absolute Gasteiger partial charge is 0.497 e. The molecule has 0 radical (unpaired) electrons. The Morgan fingerprint density at radius 1 is 1.03 bits per heavy atom. The molecule has 0 aromatic heterocycles. The van der Waals surface area contributed by atoms with Gasteiger partial charge in [0.05, 0.1) is 25.0 Å². The minimum absolute atomic E-state index is 0.102. The highest BCUT2D eigenvalue weighted by molar-refractivity contribution is 6.21. The van der Waals surface area contributed by atoms with Crippen LogP contribution < -0.4 is 4.74 Å². The lowest BCUT2D eigenvalue weighted by atomic mass is 9.79. The molecule has 1 unspecified atom stereocenters. The number of nitrogens with zero attached hydrogens (tertiary/aromatic N) is 2. The van der Waals surface area contributed by atoms with Gasteiger partial charge in [-0.1, -0.05) is 61.9 Å². The first-order valence-corrected chi connectivity index (χ1v) is 13.0. The molecule has 2 aromatic rings. The van der Waals surface area contributed by atoms with E-state index in [9.17, 15) is 9.90 Å². The number of aliphatic hydroxyl groups excluding tert-OH is 1. The Hall–Kier alpha value is -3.31. The second kappa shape index (κ2) is 11.6. The molecule has 1 amide bonds. The van der Waals surface area contributed by atoms with Crippen LogP contribution in [-0.2, 0) is 4.79 Å². The van der Waals surface area contributed by atoms with Crippen LogP contribution in [0.4, 0.5) is 0 Å². The van der Waals surface area contributed by atoms with E-state index in [0.717, 1.165) is 49.2 Å². The average molecular weight is 487 g/mol. The number of carbonyl (C=O) groups is 1. The van der Waals surface area contributed by atoms with Gasteiger partial charge in [-0.2, -0.15) is 0 Å². The molecule has 5 heteroatoms. The number of allylic oxidation sites excluding steroid dienone is 3. The zero-order valence-electron chi connectivity index (χ0n) is 22.0. The van der Waals surface area contributed by atoms with Crippen LogP contribution in [0.5, 0.6) is 5.75 Å². The Labute approximate surface area is 215 Å². The van der Waals surface area contributed by atoms with Crippen molar-refractivity contribution in [3.63, 3.8) is 0 Å². The van der Waals surface area contributed by atoms with Gasteiger partial charge in [0.2, 0.25) is 0 Å². The third-order valence-corrected chi connectivity index (χ3v) is 7.38. The van der Waals surface area contributed by atoms with Gasteiger partial charge in [0.25, 0.3) is 5.91 Å². The highest BCUT2D eigenvalue weighted by Gasteiger charge is 2.37. The maximum Gasteiger partial charge on any atom is 0.261 e. The van der Waals surface area contributed by atoms with Gasteiger partial charge in [0, 0.05) is 25.6 Å². The van der Waals surface area contributed by atoms with Gasteiger partial charge in [-0.3, -0.25) is 9.69 Å². The van der Waals surface area contributed by atoms with Gasteiger partial charge < -0.3 is 14.7 Å². The first kappa shape index (κ1) is 25.8. The lowest BCUT2D eigenvalue weighted by Crippen LogP contribution is -2.43. The fourth-order valence-electron chi connectivity index (χ4n) is 5.56. The molecule has 0 fully saturated rings. The van der Waals surface area contributed by atoms with Gasteiger partial charge in [0.1, 0.15) is 11.6 Å². The predicted octanol–water partition coefficient (Wildman–Crippen LogP) is 6.10. The quantitative estimate of drug-likeness (QED) is 0.490. The summed E-state index contributed by atoms with van der Waals surface area (Å²) in [5.74, 6) is 1.66. The molecular formula is C31H38N2O3. The molecule has 5 nitrogen and oxygen atoms in total. The molecule has 2 aromatic carbocycles. The molecule has 0 spiro atoms. The van der Waals surface area contributed by atoms with Gasteiger partial charge in [-0.15, -0.1) is 0 Å². The van der Waals surface area contributed by atoms with Crippen molar-refractivity contribution in [3.05, 3.63) is 94.5 Å². The van der Waals surface area contributed by atoms with E-state index in [1.54, 1.807) is 12.0 Å². The molecule has 1 heterocycles. The lowest BCUT2D eigenvalue weighted by molar-refractivity contribution is -0.124. The Morgan fingerprint density at radius 3 is 2.33 bits per heavy atom. The van der Waals surface area contributed by atoms with Gasteiger partial charge >= 0.3 is 0 Å². The number of methoxy groups -OCH3 is 1. The molecule has 2 aliphatic rings. The number of benzene rings is 2. The number of carbonyl (C=O) groups excluding carboxylic acids is 1. The zero-order chi connectivity index (χ0) is 25.7. The van der Waals surface area contributed by atoms with E-state index < -0.39 is 0 Å². The number of hydrogen-bond donors (Lipinski definition) is 1. The average Bonchev–Trinajstić information content (AvgIpc) is 2.93. The van der Waals surface area contributed by atoms with Crippen molar-refractivity contribution in [1.82, 2.24) is 9.80 Å². The van der Waals surface area contributed by atoms with Crippen LogP contribution >= 0.6 is 0 Å². The maximum absolute atomic E-state index is 14.0. The summed E-state index contributed by atoms with van der Waals surface area (Å²) in [7, 11) is 5.46. The number of aliphatic hydroxyl groups is 1. The molecule has 1 aliphatic carbocycles. The van der Waals surface area contributed by atoms with Gasteiger partial charge in [-0.25, -0.2) is 0 Å². The van der Waals surface area contributed by atoms with Crippen molar-refractivity contribution in [2.75, 3.05) is 27.8 Å².